The second-order valence-corrected chi connectivity index (χ2v) is 5.24. The van der Waals surface area contributed by atoms with Gasteiger partial charge in [-0.25, -0.2) is 4.39 Å². The summed E-state index contributed by atoms with van der Waals surface area (Å²) in [5.41, 5.74) is 0.813. The van der Waals surface area contributed by atoms with E-state index in [1.165, 1.54) is 12.1 Å². The molecule has 3 rings (SSSR count). The number of amides is 1. The van der Waals surface area contributed by atoms with Gasteiger partial charge in [0.05, 0.1) is 0 Å². The van der Waals surface area contributed by atoms with Crippen LogP contribution in [0.5, 0.6) is 0 Å². The lowest BCUT2D eigenvalue weighted by atomic mass is 10.1. The summed E-state index contributed by atoms with van der Waals surface area (Å²) in [5.74, 6) is -0.840. The molecule has 0 saturated carbocycles. The monoisotopic (exact) mass is 310 g/mol. The molecule has 0 atom stereocenters. The number of nitrogens with one attached hydrogen (secondary N) is 2. The average Bonchev–Trinajstić information content (AvgIpc) is 2.56. The van der Waals surface area contributed by atoms with Gasteiger partial charge in [-0.3, -0.25) is 9.59 Å². The fraction of sp³-hybridized carbons (Fsp3) is 0.111. The molecule has 1 amide bonds. The SMILES string of the molecule is O=C(NCCc1ccccc1)c1cc2ccc(F)cc2c(=O)[nH]1. The molecule has 0 radical (unpaired) electrons. The maximum atomic E-state index is 13.2. The Kier molecular flexibility index (Phi) is 4.19. The zero-order valence-electron chi connectivity index (χ0n) is 12.3. The van der Waals surface area contributed by atoms with Crippen molar-refractivity contribution in [3.8, 4) is 0 Å². The van der Waals surface area contributed by atoms with Crippen LogP contribution in [0, 0.1) is 5.82 Å². The molecule has 0 aliphatic carbocycles. The number of hydrogen-bond acceptors (Lipinski definition) is 2. The van der Waals surface area contributed by atoms with E-state index in [0.717, 1.165) is 11.6 Å². The highest BCUT2D eigenvalue weighted by atomic mass is 19.1. The predicted molar refractivity (Wildman–Crippen MR) is 87.0 cm³/mol. The predicted octanol–water partition coefficient (Wildman–Crippen LogP) is 2.64. The lowest BCUT2D eigenvalue weighted by molar-refractivity contribution is 0.0949. The van der Waals surface area contributed by atoms with Crippen molar-refractivity contribution in [1.29, 1.82) is 0 Å². The van der Waals surface area contributed by atoms with Crippen LogP contribution in [-0.2, 0) is 6.42 Å². The van der Waals surface area contributed by atoms with Gasteiger partial charge in [-0.1, -0.05) is 36.4 Å². The van der Waals surface area contributed by atoms with Crippen molar-refractivity contribution in [3.05, 3.63) is 82.0 Å². The number of H-pyrrole nitrogens is 1. The first-order valence-electron chi connectivity index (χ1n) is 7.28. The van der Waals surface area contributed by atoms with Gasteiger partial charge in [-0.2, -0.15) is 0 Å². The smallest absolute Gasteiger partial charge is 0.267 e. The Labute approximate surface area is 132 Å². The molecule has 23 heavy (non-hydrogen) atoms. The molecule has 5 heteroatoms. The third-order valence-electron chi connectivity index (χ3n) is 3.59. The zero-order chi connectivity index (χ0) is 16.2. The Bertz CT molecular complexity index is 904. The van der Waals surface area contributed by atoms with Crippen LogP contribution in [0.4, 0.5) is 4.39 Å². The zero-order valence-corrected chi connectivity index (χ0v) is 12.3. The molecule has 0 fully saturated rings. The molecule has 0 aliphatic rings. The lowest BCUT2D eigenvalue weighted by Crippen LogP contribution is -2.28. The first-order chi connectivity index (χ1) is 11.1. The Morgan fingerprint density at radius 2 is 1.87 bits per heavy atom. The fourth-order valence-corrected chi connectivity index (χ4v) is 2.41. The third kappa shape index (κ3) is 3.45. The molecule has 116 valence electrons. The summed E-state index contributed by atoms with van der Waals surface area (Å²) < 4.78 is 13.2. The van der Waals surface area contributed by atoms with Gasteiger partial charge in [0, 0.05) is 11.9 Å². The second kappa shape index (κ2) is 6.44. The van der Waals surface area contributed by atoms with Crippen molar-refractivity contribution in [1.82, 2.24) is 10.3 Å². The minimum atomic E-state index is -0.483. The van der Waals surface area contributed by atoms with Crippen LogP contribution in [0.3, 0.4) is 0 Å². The quantitative estimate of drug-likeness (QED) is 0.778. The standard InChI is InChI=1S/C18H15FN2O2/c19-14-7-6-13-10-16(21-17(22)15(13)11-14)18(23)20-9-8-12-4-2-1-3-5-12/h1-7,10-11H,8-9H2,(H,20,23)(H,21,22). The summed E-state index contributed by atoms with van der Waals surface area (Å²) in [5, 5.41) is 3.53. The Morgan fingerprint density at radius 3 is 2.65 bits per heavy atom. The second-order valence-electron chi connectivity index (χ2n) is 5.24. The number of hydrogen-bond donors (Lipinski definition) is 2. The van der Waals surface area contributed by atoms with Gasteiger partial charge in [0.15, 0.2) is 0 Å². The average molecular weight is 310 g/mol. The topological polar surface area (TPSA) is 62.0 Å². The van der Waals surface area contributed by atoms with E-state index in [0.29, 0.717) is 18.4 Å². The van der Waals surface area contributed by atoms with Crippen LogP contribution in [0.25, 0.3) is 10.8 Å². The number of carbonyl (C=O) groups excluding carboxylic acids is 1. The first-order valence-corrected chi connectivity index (χ1v) is 7.28. The highest BCUT2D eigenvalue weighted by Gasteiger charge is 2.09. The molecule has 2 aromatic carbocycles. The molecule has 0 unspecified atom stereocenters. The van der Waals surface area contributed by atoms with Crippen LogP contribution in [0.15, 0.2) is 59.4 Å². The maximum Gasteiger partial charge on any atom is 0.267 e. The van der Waals surface area contributed by atoms with Crippen molar-refractivity contribution in [2.24, 2.45) is 0 Å². The number of aromatic nitrogens is 1. The molecule has 0 spiro atoms. The van der Waals surface area contributed by atoms with E-state index in [2.05, 4.69) is 10.3 Å². The van der Waals surface area contributed by atoms with Crippen LogP contribution in [0.2, 0.25) is 0 Å². The molecule has 0 aliphatic heterocycles. The summed E-state index contributed by atoms with van der Waals surface area (Å²) in [6, 6.07) is 15.2. The number of pyridine rings is 1. The molecular formula is C18H15FN2O2. The van der Waals surface area contributed by atoms with E-state index < -0.39 is 11.4 Å². The minimum Gasteiger partial charge on any atom is -0.350 e. The van der Waals surface area contributed by atoms with Crippen LogP contribution >= 0.6 is 0 Å². The molecule has 0 saturated heterocycles. The highest BCUT2D eigenvalue weighted by molar-refractivity contribution is 5.96. The van der Waals surface area contributed by atoms with Crippen molar-refractivity contribution in [2.75, 3.05) is 6.54 Å². The number of aromatic amines is 1. The third-order valence-corrected chi connectivity index (χ3v) is 3.59. The number of fused-ring (bicyclic) bond motifs is 1. The molecule has 0 bridgehead atoms. The van der Waals surface area contributed by atoms with Crippen molar-refractivity contribution >= 4 is 16.7 Å². The molecule has 3 aromatic rings. The van der Waals surface area contributed by atoms with E-state index in [1.807, 2.05) is 30.3 Å². The molecular weight excluding hydrogens is 295 g/mol. The number of rotatable bonds is 4. The summed E-state index contributed by atoms with van der Waals surface area (Å²) in [6.45, 7) is 0.465. The van der Waals surface area contributed by atoms with E-state index in [4.69, 9.17) is 0 Å². The van der Waals surface area contributed by atoms with Crippen LogP contribution in [-0.4, -0.2) is 17.4 Å². The summed E-state index contributed by atoms with van der Waals surface area (Å²) in [7, 11) is 0. The number of carbonyl (C=O) groups is 1. The normalized spacial score (nSPS) is 10.7. The van der Waals surface area contributed by atoms with E-state index in [-0.39, 0.29) is 17.0 Å². The Balaban J connectivity index is 1.73. The molecule has 1 aromatic heterocycles. The van der Waals surface area contributed by atoms with Gasteiger partial charge in [0.1, 0.15) is 11.5 Å². The van der Waals surface area contributed by atoms with Gasteiger partial charge >= 0.3 is 0 Å². The van der Waals surface area contributed by atoms with Gasteiger partial charge in [-0.05, 0) is 35.6 Å². The van der Waals surface area contributed by atoms with Gasteiger partial charge in [-0.15, -0.1) is 0 Å². The van der Waals surface area contributed by atoms with E-state index in [9.17, 15) is 14.0 Å². The van der Waals surface area contributed by atoms with E-state index >= 15 is 0 Å². The Hall–Kier alpha value is -2.95. The number of benzene rings is 2. The van der Waals surface area contributed by atoms with Crippen molar-refractivity contribution in [2.45, 2.75) is 6.42 Å². The maximum absolute atomic E-state index is 13.2. The minimum absolute atomic E-state index is 0.169. The molecule has 4 nitrogen and oxygen atoms in total. The summed E-state index contributed by atoms with van der Waals surface area (Å²) in [4.78, 5) is 26.6. The van der Waals surface area contributed by atoms with Gasteiger partial charge in [0.2, 0.25) is 0 Å². The van der Waals surface area contributed by atoms with Gasteiger partial charge < -0.3 is 10.3 Å². The summed E-state index contributed by atoms with van der Waals surface area (Å²) in [6.07, 6.45) is 0.704. The lowest BCUT2D eigenvalue weighted by Gasteiger charge is -2.06. The van der Waals surface area contributed by atoms with Crippen LogP contribution < -0.4 is 10.9 Å². The highest BCUT2D eigenvalue weighted by Crippen LogP contribution is 2.12. The summed E-state index contributed by atoms with van der Waals surface area (Å²) >= 11 is 0. The molecule has 1 heterocycles. The van der Waals surface area contributed by atoms with Crippen LogP contribution in [0.1, 0.15) is 16.1 Å². The first kappa shape index (κ1) is 15.0. The van der Waals surface area contributed by atoms with Crippen molar-refractivity contribution < 1.29 is 9.18 Å². The van der Waals surface area contributed by atoms with Crippen molar-refractivity contribution in [3.63, 3.8) is 0 Å². The fourth-order valence-electron chi connectivity index (χ4n) is 2.41. The molecule has 2 N–H and O–H groups in total. The van der Waals surface area contributed by atoms with E-state index in [1.54, 1.807) is 6.07 Å². The van der Waals surface area contributed by atoms with Gasteiger partial charge in [0.25, 0.3) is 11.5 Å². The largest absolute Gasteiger partial charge is 0.350 e. The number of halogens is 1. The Morgan fingerprint density at radius 1 is 1.09 bits per heavy atom.